The van der Waals surface area contributed by atoms with Crippen LogP contribution in [0.3, 0.4) is 0 Å². The zero-order chi connectivity index (χ0) is 15.9. The third-order valence-electron chi connectivity index (χ3n) is 2.10. The van der Waals surface area contributed by atoms with Gasteiger partial charge in [0.1, 0.15) is 0 Å². The van der Waals surface area contributed by atoms with Crippen LogP contribution in [0, 0.1) is 5.21 Å². The minimum atomic E-state index is -5.01. The van der Waals surface area contributed by atoms with Crippen LogP contribution in [0.4, 0.5) is 0 Å². The highest BCUT2D eigenvalue weighted by atomic mass is 32.2. The molecule has 0 aromatic carbocycles. The van der Waals surface area contributed by atoms with Crippen molar-refractivity contribution in [2.75, 3.05) is 0 Å². The lowest BCUT2D eigenvalue weighted by atomic mass is 10.1. The summed E-state index contributed by atoms with van der Waals surface area (Å²) in [5.74, 6) is -0.449. The molecular weight excluding hydrogens is 314 g/mol. The number of rotatable bonds is 3. The van der Waals surface area contributed by atoms with Crippen molar-refractivity contribution in [3.63, 3.8) is 0 Å². The van der Waals surface area contributed by atoms with Gasteiger partial charge in [0.05, 0.1) is 0 Å². The molecule has 0 bridgehead atoms. The largest absolute Gasteiger partial charge is 0.623 e. The molecule has 0 unspecified atom stereocenters. The second-order valence-corrected chi connectivity index (χ2v) is 7.59. The number of furan rings is 1. The van der Waals surface area contributed by atoms with Crippen molar-refractivity contribution in [1.29, 1.82) is 0 Å². The first-order chi connectivity index (χ1) is 8.73. The Morgan fingerprint density at radius 1 is 1.20 bits per heavy atom. The third kappa shape index (κ3) is 3.79. The van der Waals surface area contributed by atoms with Crippen LogP contribution in [0.2, 0.25) is 0 Å². The maximum atomic E-state index is 11.6. The van der Waals surface area contributed by atoms with Crippen molar-refractivity contribution in [2.45, 2.75) is 36.3 Å². The molecule has 0 saturated heterocycles. The molecule has 0 aliphatic heterocycles. The summed E-state index contributed by atoms with van der Waals surface area (Å²) in [6.45, 7) is 4.65. The van der Waals surface area contributed by atoms with Crippen LogP contribution in [0.15, 0.2) is 20.5 Å². The summed E-state index contributed by atoms with van der Waals surface area (Å²) in [5.41, 5.74) is -0.886. The van der Waals surface area contributed by atoms with Crippen LogP contribution in [0.1, 0.15) is 26.5 Å². The summed E-state index contributed by atoms with van der Waals surface area (Å²) >= 11 is 0. The second kappa shape index (κ2) is 4.84. The summed E-state index contributed by atoms with van der Waals surface area (Å²) in [5, 5.41) is 10.3. The molecule has 0 amide bonds. The molecule has 11 heteroatoms. The standard InChI is InChI=1S/C9H13NO8S2/c1-9(2,3)10(11)5-6-4-7(19(12,13)14)8(18-6)20(15,16)17/h4-5H,1-3H3,(H,12,13,14)(H,15,16,17). The molecule has 114 valence electrons. The van der Waals surface area contributed by atoms with E-state index in [-0.39, 0.29) is 0 Å². The Morgan fingerprint density at radius 2 is 1.70 bits per heavy atom. The lowest BCUT2D eigenvalue weighted by Gasteiger charge is -2.17. The fourth-order valence-corrected chi connectivity index (χ4v) is 2.77. The lowest BCUT2D eigenvalue weighted by Crippen LogP contribution is -2.29. The van der Waals surface area contributed by atoms with Crippen LogP contribution in [0.25, 0.3) is 0 Å². The smallest absolute Gasteiger partial charge is 0.329 e. The normalized spacial score (nSPS) is 14.6. The zero-order valence-electron chi connectivity index (χ0n) is 10.8. The molecule has 0 aliphatic rings. The van der Waals surface area contributed by atoms with E-state index in [2.05, 4.69) is 4.42 Å². The fourth-order valence-electron chi connectivity index (χ4n) is 1.11. The van der Waals surface area contributed by atoms with Gasteiger partial charge in [-0.15, -0.1) is 0 Å². The molecule has 2 N–H and O–H groups in total. The van der Waals surface area contributed by atoms with Crippen molar-refractivity contribution in [1.82, 2.24) is 0 Å². The Balaban J connectivity index is 3.54. The molecule has 0 atom stereocenters. The SMILES string of the molecule is CC(C)(C)[N+]([O-])=Cc1cc(S(=O)(=O)O)c(S(=O)(=O)O)o1. The van der Waals surface area contributed by atoms with E-state index in [4.69, 9.17) is 9.11 Å². The summed E-state index contributed by atoms with van der Waals surface area (Å²) in [6, 6.07) is 0.620. The Morgan fingerprint density at radius 3 is 2.00 bits per heavy atom. The van der Waals surface area contributed by atoms with Crippen LogP contribution in [0.5, 0.6) is 0 Å². The van der Waals surface area contributed by atoms with Crippen LogP contribution < -0.4 is 0 Å². The van der Waals surface area contributed by atoms with E-state index in [9.17, 15) is 22.0 Å². The Bertz CT molecular complexity index is 699. The number of hydroxylamine groups is 1. The molecule has 1 heterocycles. The molecule has 1 aromatic rings. The van der Waals surface area contributed by atoms with Gasteiger partial charge >= 0.3 is 10.1 Å². The minimum absolute atomic E-state index is 0.396. The second-order valence-electron chi connectivity index (χ2n) is 4.88. The Labute approximate surface area is 115 Å². The first kappa shape index (κ1) is 16.6. The molecular formula is C9H13NO8S2. The van der Waals surface area contributed by atoms with E-state index in [0.717, 1.165) is 6.21 Å². The average molecular weight is 327 g/mol. The van der Waals surface area contributed by atoms with Crippen molar-refractivity contribution < 1.29 is 35.1 Å². The monoisotopic (exact) mass is 327 g/mol. The van der Waals surface area contributed by atoms with E-state index >= 15 is 0 Å². The zero-order valence-corrected chi connectivity index (χ0v) is 12.4. The highest BCUT2D eigenvalue weighted by molar-refractivity contribution is 7.88. The molecule has 0 radical (unpaired) electrons. The first-order valence-corrected chi connectivity index (χ1v) is 8.01. The molecule has 0 saturated carbocycles. The quantitative estimate of drug-likeness (QED) is 0.268. The van der Waals surface area contributed by atoms with Crippen LogP contribution >= 0.6 is 0 Å². The molecule has 0 spiro atoms. The molecule has 20 heavy (non-hydrogen) atoms. The number of hydrogen-bond donors (Lipinski definition) is 2. The van der Waals surface area contributed by atoms with Gasteiger partial charge in [-0.3, -0.25) is 9.11 Å². The van der Waals surface area contributed by atoms with Gasteiger partial charge in [-0.2, -0.15) is 16.8 Å². The van der Waals surface area contributed by atoms with E-state index in [0.29, 0.717) is 10.8 Å². The topological polar surface area (TPSA) is 148 Å². The summed E-state index contributed by atoms with van der Waals surface area (Å²) in [7, 11) is -9.95. The van der Waals surface area contributed by atoms with E-state index in [1.165, 1.54) is 0 Å². The van der Waals surface area contributed by atoms with Crippen molar-refractivity contribution >= 4 is 26.5 Å². The maximum absolute atomic E-state index is 11.6. The van der Waals surface area contributed by atoms with E-state index < -0.39 is 41.5 Å². The number of hydrogen-bond acceptors (Lipinski definition) is 6. The first-order valence-electron chi connectivity index (χ1n) is 5.13. The maximum Gasteiger partial charge on any atom is 0.329 e. The Hall–Kier alpha value is -1.43. The van der Waals surface area contributed by atoms with Gasteiger partial charge in [-0.25, -0.2) is 4.74 Å². The van der Waals surface area contributed by atoms with Gasteiger partial charge < -0.3 is 9.62 Å². The highest BCUT2D eigenvalue weighted by Crippen LogP contribution is 2.24. The van der Waals surface area contributed by atoms with Gasteiger partial charge in [-0.1, -0.05) is 0 Å². The van der Waals surface area contributed by atoms with E-state index in [1.54, 1.807) is 20.8 Å². The van der Waals surface area contributed by atoms with Crippen LogP contribution in [-0.2, 0) is 20.2 Å². The predicted molar refractivity (Wildman–Crippen MR) is 66.9 cm³/mol. The molecule has 1 aromatic heterocycles. The highest BCUT2D eigenvalue weighted by Gasteiger charge is 2.30. The lowest BCUT2D eigenvalue weighted by molar-refractivity contribution is -0.530. The van der Waals surface area contributed by atoms with Gasteiger partial charge in [0.25, 0.3) is 15.2 Å². The van der Waals surface area contributed by atoms with Crippen LogP contribution in [-0.4, -0.2) is 42.4 Å². The molecule has 0 fully saturated rings. The molecule has 1 rings (SSSR count). The van der Waals surface area contributed by atoms with Gasteiger partial charge in [-0.05, 0) is 0 Å². The summed E-state index contributed by atoms with van der Waals surface area (Å²) in [6.07, 6.45) is 0.795. The van der Waals surface area contributed by atoms with Crippen molar-refractivity contribution in [2.24, 2.45) is 0 Å². The van der Waals surface area contributed by atoms with Gasteiger partial charge in [0, 0.05) is 26.8 Å². The summed E-state index contributed by atoms with van der Waals surface area (Å²) < 4.78 is 66.7. The predicted octanol–water partition coefficient (Wildman–Crippen LogP) is 0.501. The summed E-state index contributed by atoms with van der Waals surface area (Å²) in [4.78, 5) is -1.14. The van der Waals surface area contributed by atoms with Crippen molar-refractivity contribution in [3.8, 4) is 0 Å². The fraction of sp³-hybridized carbons (Fsp3) is 0.444. The third-order valence-corrected chi connectivity index (χ3v) is 3.86. The average Bonchev–Trinajstić information content (AvgIpc) is 2.58. The van der Waals surface area contributed by atoms with E-state index in [1.807, 2.05) is 0 Å². The molecule has 0 aliphatic carbocycles. The molecule has 9 nitrogen and oxygen atoms in total. The van der Waals surface area contributed by atoms with Crippen molar-refractivity contribution in [3.05, 3.63) is 17.0 Å². The van der Waals surface area contributed by atoms with Gasteiger partial charge in [0.2, 0.25) is 6.21 Å². The Kier molecular flexibility index (Phi) is 4.02. The minimum Gasteiger partial charge on any atom is -0.623 e. The van der Waals surface area contributed by atoms with Gasteiger partial charge in [0.15, 0.2) is 16.2 Å². The number of nitrogens with zero attached hydrogens (tertiary/aromatic N) is 1.